The summed E-state index contributed by atoms with van der Waals surface area (Å²) in [6, 6.07) is 13.1. The van der Waals surface area contributed by atoms with Gasteiger partial charge in [-0.25, -0.2) is 23.2 Å². The molecule has 2 aromatic carbocycles. The predicted molar refractivity (Wildman–Crippen MR) is 146 cm³/mol. The number of methoxy groups -OCH3 is 1. The van der Waals surface area contributed by atoms with Crippen LogP contribution in [-0.2, 0) is 4.84 Å². The van der Waals surface area contributed by atoms with Crippen LogP contribution in [0.3, 0.4) is 0 Å². The third-order valence-corrected chi connectivity index (χ3v) is 6.61. The molecule has 11 nitrogen and oxygen atoms in total. The van der Waals surface area contributed by atoms with Gasteiger partial charge in [0.2, 0.25) is 5.88 Å². The van der Waals surface area contributed by atoms with E-state index in [2.05, 4.69) is 26.4 Å². The topological polar surface area (TPSA) is 131 Å². The highest BCUT2D eigenvalue weighted by Crippen LogP contribution is 2.32. The van der Waals surface area contributed by atoms with Gasteiger partial charge in [0, 0.05) is 30.9 Å². The van der Waals surface area contributed by atoms with Gasteiger partial charge in [-0.05, 0) is 42.8 Å². The van der Waals surface area contributed by atoms with E-state index in [-0.39, 0.29) is 23.9 Å². The molecule has 212 valence electrons. The van der Waals surface area contributed by atoms with E-state index in [1.165, 1.54) is 26.4 Å². The molecule has 2 atom stereocenters. The number of hydroxylamine groups is 1. The lowest BCUT2D eigenvalue weighted by atomic mass is 10.0. The monoisotopic (exact) mass is 563 g/mol. The van der Waals surface area contributed by atoms with Gasteiger partial charge in [-0.1, -0.05) is 24.3 Å². The van der Waals surface area contributed by atoms with E-state index >= 15 is 0 Å². The zero-order valence-electron chi connectivity index (χ0n) is 22.4. The largest absolute Gasteiger partial charge is 0.480 e. The molecule has 0 spiro atoms. The fraction of sp³-hybridized carbons (Fsp3) is 0.214. The Bertz CT molecular complexity index is 1600. The molecule has 0 unspecified atom stereocenters. The first-order valence-corrected chi connectivity index (χ1v) is 12.6. The molecule has 4 aromatic rings. The van der Waals surface area contributed by atoms with E-state index in [0.717, 1.165) is 12.1 Å². The summed E-state index contributed by atoms with van der Waals surface area (Å²) in [5.74, 6) is -1.83. The smallest absolute Gasteiger partial charge is 0.320 e. The third kappa shape index (κ3) is 5.58. The van der Waals surface area contributed by atoms with Gasteiger partial charge in [-0.3, -0.25) is 14.9 Å². The van der Waals surface area contributed by atoms with Crippen LogP contribution in [0.5, 0.6) is 5.88 Å². The SMILES string of the molecule is CNC(=O)c1cc(-c2nn(-c3ccccc3)c(NC(=O)N[C@@H]3CNO[C@H]3c3ccc(F)c(F)c3)c2C)cnc1OC. The molecule has 0 bridgehead atoms. The van der Waals surface area contributed by atoms with Crippen LogP contribution in [0.4, 0.5) is 19.4 Å². The second-order valence-electron chi connectivity index (χ2n) is 9.19. The van der Waals surface area contributed by atoms with Crippen molar-refractivity contribution in [1.82, 2.24) is 30.9 Å². The van der Waals surface area contributed by atoms with Gasteiger partial charge in [0.05, 0.1) is 24.5 Å². The molecule has 41 heavy (non-hydrogen) atoms. The molecule has 2 aromatic heterocycles. The van der Waals surface area contributed by atoms with Crippen LogP contribution in [0.1, 0.15) is 27.6 Å². The first-order valence-electron chi connectivity index (χ1n) is 12.6. The quantitative estimate of drug-likeness (QED) is 0.270. The van der Waals surface area contributed by atoms with E-state index < -0.39 is 29.8 Å². The standard InChI is InChI=1S/C28H27F2N7O4/c1-15-23(17-11-19(26(38)31-2)27(40-3)32-13-17)36-37(18-7-5-4-6-8-18)25(15)35-28(39)34-22-14-33-41-24(22)16-9-10-20(29)21(30)12-16/h4-13,22,24,33H,14H2,1-3H3,(H,31,38)(H2,34,35,39)/t22-,24+/m1/s1. The Labute approximate surface area is 233 Å². The van der Waals surface area contributed by atoms with Gasteiger partial charge < -0.3 is 15.4 Å². The Hall–Kier alpha value is -4.88. The summed E-state index contributed by atoms with van der Waals surface area (Å²) in [7, 11) is 2.93. The summed E-state index contributed by atoms with van der Waals surface area (Å²) in [5, 5.41) is 13.0. The maximum Gasteiger partial charge on any atom is 0.320 e. The summed E-state index contributed by atoms with van der Waals surface area (Å²) in [4.78, 5) is 35.5. The molecule has 0 radical (unpaired) electrons. The van der Waals surface area contributed by atoms with Crippen LogP contribution in [0.15, 0.2) is 60.8 Å². The first-order chi connectivity index (χ1) is 19.8. The lowest BCUT2D eigenvalue weighted by Crippen LogP contribution is -2.42. The summed E-state index contributed by atoms with van der Waals surface area (Å²) in [6.45, 7) is 2.02. The number of anilines is 1. The molecule has 1 saturated heterocycles. The van der Waals surface area contributed by atoms with Crippen molar-refractivity contribution in [3.8, 4) is 22.8 Å². The van der Waals surface area contributed by atoms with Crippen LogP contribution < -0.4 is 26.2 Å². The third-order valence-electron chi connectivity index (χ3n) is 6.61. The molecule has 0 aliphatic carbocycles. The number of rotatable bonds is 7. The summed E-state index contributed by atoms with van der Waals surface area (Å²) in [6.07, 6.45) is 0.786. The summed E-state index contributed by atoms with van der Waals surface area (Å²) >= 11 is 0. The highest BCUT2D eigenvalue weighted by atomic mass is 19.2. The number of nitrogens with zero attached hydrogens (tertiary/aromatic N) is 3. The average Bonchev–Trinajstić information content (AvgIpc) is 3.58. The summed E-state index contributed by atoms with van der Waals surface area (Å²) < 4.78 is 34.1. The number of halogens is 2. The molecule has 1 aliphatic heterocycles. The summed E-state index contributed by atoms with van der Waals surface area (Å²) in [5.41, 5.74) is 5.59. The Morgan fingerprint density at radius 2 is 1.90 bits per heavy atom. The molecule has 3 heterocycles. The zero-order chi connectivity index (χ0) is 29.1. The van der Waals surface area contributed by atoms with Crippen LogP contribution in [-0.4, -0.2) is 53.4 Å². The number of nitrogens with one attached hydrogen (secondary N) is 4. The molecule has 4 N–H and O–H groups in total. The molecule has 3 amide bonds. The second-order valence-corrected chi connectivity index (χ2v) is 9.19. The average molecular weight is 564 g/mol. The lowest BCUT2D eigenvalue weighted by Gasteiger charge is -2.19. The van der Waals surface area contributed by atoms with Crippen LogP contribution in [0.2, 0.25) is 0 Å². The Morgan fingerprint density at radius 3 is 2.61 bits per heavy atom. The van der Waals surface area contributed by atoms with Crippen molar-refractivity contribution in [1.29, 1.82) is 0 Å². The highest BCUT2D eigenvalue weighted by molar-refractivity contribution is 5.97. The highest BCUT2D eigenvalue weighted by Gasteiger charge is 2.32. The van der Waals surface area contributed by atoms with Crippen molar-refractivity contribution in [3.05, 3.63) is 89.1 Å². The zero-order valence-corrected chi connectivity index (χ0v) is 22.4. The van der Waals surface area contributed by atoms with Gasteiger partial charge in [0.1, 0.15) is 17.5 Å². The molecule has 5 rings (SSSR count). The number of amides is 3. The van der Waals surface area contributed by atoms with Crippen molar-refractivity contribution >= 4 is 17.8 Å². The number of hydrogen-bond donors (Lipinski definition) is 4. The number of ether oxygens (including phenoxy) is 1. The number of carbonyl (C=O) groups excluding carboxylic acids is 2. The maximum atomic E-state index is 13.8. The van der Waals surface area contributed by atoms with E-state index in [1.54, 1.807) is 17.7 Å². The van der Waals surface area contributed by atoms with Gasteiger partial charge in [0.15, 0.2) is 11.6 Å². The molecule has 0 saturated carbocycles. The van der Waals surface area contributed by atoms with Gasteiger partial charge in [-0.2, -0.15) is 10.6 Å². The lowest BCUT2D eigenvalue weighted by molar-refractivity contribution is 0.0277. The number of benzene rings is 2. The molecule has 1 aliphatic rings. The number of para-hydroxylation sites is 1. The van der Waals surface area contributed by atoms with Crippen molar-refractivity contribution in [2.45, 2.75) is 19.1 Å². The van der Waals surface area contributed by atoms with Crippen LogP contribution >= 0.6 is 0 Å². The molecular weight excluding hydrogens is 536 g/mol. The predicted octanol–water partition coefficient (Wildman–Crippen LogP) is 3.66. The minimum atomic E-state index is -1.01. The van der Waals surface area contributed by atoms with E-state index in [4.69, 9.17) is 14.7 Å². The Kier molecular flexibility index (Phi) is 7.90. The van der Waals surface area contributed by atoms with E-state index in [9.17, 15) is 18.4 Å². The number of pyridine rings is 1. The number of carbonyl (C=O) groups is 2. The fourth-order valence-corrected chi connectivity index (χ4v) is 4.56. The molecule has 1 fully saturated rings. The number of hydrogen-bond acceptors (Lipinski definition) is 7. The molecular formula is C28H27F2N7O4. The Balaban J connectivity index is 1.46. The van der Waals surface area contributed by atoms with Crippen LogP contribution in [0, 0.1) is 18.6 Å². The van der Waals surface area contributed by atoms with Gasteiger partial charge >= 0.3 is 6.03 Å². The normalized spacial score (nSPS) is 16.3. The minimum Gasteiger partial charge on any atom is -0.480 e. The first kappa shape index (κ1) is 27.7. The minimum absolute atomic E-state index is 0.161. The van der Waals surface area contributed by atoms with Crippen molar-refractivity contribution < 1.29 is 27.9 Å². The fourth-order valence-electron chi connectivity index (χ4n) is 4.56. The Morgan fingerprint density at radius 1 is 1.12 bits per heavy atom. The number of urea groups is 1. The van der Waals surface area contributed by atoms with Gasteiger partial charge in [-0.15, -0.1) is 0 Å². The van der Waals surface area contributed by atoms with E-state index in [0.29, 0.717) is 33.9 Å². The van der Waals surface area contributed by atoms with Gasteiger partial charge in [0.25, 0.3) is 5.91 Å². The van der Waals surface area contributed by atoms with Crippen molar-refractivity contribution in [2.24, 2.45) is 0 Å². The van der Waals surface area contributed by atoms with Crippen molar-refractivity contribution in [3.63, 3.8) is 0 Å². The van der Waals surface area contributed by atoms with Crippen LogP contribution in [0.25, 0.3) is 16.9 Å². The maximum absolute atomic E-state index is 13.8. The second kappa shape index (κ2) is 11.7. The molecule has 13 heteroatoms. The van der Waals surface area contributed by atoms with Crippen molar-refractivity contribution in [2.75, 3.05) is 26.0 Å². The van der Waals surface area contributed by atoms with E-state index in [1.807, 2.05) is 30.3 Å². The number of aromatic nitrogens is 3.